The third kappa shape index (κ3) is 3.73. The van der Waals surface area contributed by atoms with Crippen molar-refractivity contribution >= 4 is 12.0 Å². The number of nitrogens with zero attached hydrogens (tertiary/aromatic N) is 1. The molecule has 3 heteroatoms. The zero-order chi connectivity index (χ0) is 14.7. The Morgan fingerprint density at radius 2 is 2.29 bits per heavy atom. The van der Waals surface area contributed by atoms with E-state index in [-0.39, 0.29) is 5.97 Å². The number of carbonyl (C=O) groups excluding carboxylic acids is 1. The smallest absolute Gasteiger partial charge is 0.330 e. The number of rotatable bonds is 5. The van der Waals surface area contributed by atoms with Gasteiger partial charge < -0.3 is 4.74 Å². The van der Waals surface area contributed by atoms with Gasteiger partial charge in [-0.2, -0.15) is 0 Å². The Bertz CT molecular complexity index is 546. The largest absolute Gasteiger partial charge is 0.463 e. The molecule has 0 amide bonds. The lowest BCUT2D eigenvalue weighted by molar-refractivity contribution is -0.137. The summed E-state index contributed by atoms with van der Waals surface area (Å²) in [6.07, 6.45) is 7.33. The van der Waals surface area contributed by atoms with Crippen LogP contribution in [0.25, 0.3) is 6.08 Å². The molecular formula is C18H23NO2. The minimum Gasteiger partial charge on any atom is -0.463 e. The van der Waals surface area contributed by atoms with E-state index in [2.05, 4.69) is 23.1 Å². The molecule has 1 aromatic carbocycles. The van der Waals surface area contributed by atoms with Gasteiger partial charge >= 0.3 is 5.97 Å². The monoisotopic (exact) mass is 285 g/mol. The number of hydrogen-bond acceptors (Lipinski definition) is 3. The number of ether oxygens (including phenoxy) is 1. The second-order valence-corrected chi connectivity index (χ2v) is 6.00. The average molecular weight is 285 g/mol. The van der Waals surface area contributed by atoms with Gasteiger partial charge in [0.05, 0.1) is 6.61 Å². The van der Waals surface area contributed by atoms with E-state index in [1.165, 1.54) is 36.6 Å². The first-order valence-corrected chi connectivity index (χ1v) is 7.94. The van der Waals surface area contributed by atoms with Gasteiger partial charge in [0, 0.05) is 25.7 Å². The molecule has 0 atom stereocenters. The zero-order valence-electron chi connectivity index (χ0n) is 12.7. The van der Waals surface area contributed by atoms with Gasteiger partial charge in [0.15, 0.2) is 0 Å². The molecular weight excluding hydrogens is 262 g/mol. The normalized spacial score (nSPS) is 18.7. The third-order valence-corrected chi connectivity index (χ3v) is 4.28. The molecule has 21 heavy (non-hydrogen) atoms. The number of esters is 1. The lowest BCUT2D eigenvalue weighted by atomic mass is 9.94. The van der Waals surface area contributed by atoms with Crippen molar-refractivity contribution in [1.82, 2.24) is 4.90 Å². The fraction of sp³-hybridized carbons (Fsp3) is 0.500. The molecule has 0 spiro atoms. The molecule has 0 radical (unpaired) electrons. The summed E-state index contributed by atoms with van der Waals surface area (Å²) < 4.78 is 4.94. The van der Waals surface area contributed by atoms with E-state index in [0.717, 1.165) is 31.0 Å². The van der Waals surface area contributed by atoms with Crippen LogP contribution >= 0.6 is 0 Å². The quantitative estimate of drug-likeness (QED) is 0.615. The molecule has 1 fully saturated rings. The van der Waals surface area contributed by atoms with Crippen molar-refractivity contribution < 1.29 is 9.53 Å². The summed E-state index contributed by atoms with van der Waals surface area (Å²) >= 11 is 0. The SMILES string of the molecule is CCOC(=O)/C=C/c1cccc2c1CCN(CC1CC1)C2. The Labute approximate surface area is 126 Å². The van der Waals surface area contributed by atoms with Crippen molar-refractivity contribution in [2.75, 3.05) is 19.7 Å². The Balaban J connectivity index is 1.71. The van der Waals surface area contributed by atoms with Gasteiger partial charge in [-0.25, -0.2) is 4.79 Å². The summed E-state index contributed by atoms with van der Waals surface area (Å²) in [7, 11) is 0. The highest BCUT2D eigenvalue weighted by Gasteiger charge is 2.26. The van der Waals surface area contributed by atoms with Crippen molar-refractivity contribution in [3.05, 3.63) is 41.0 Å². The summed E-state index contributed by atoms with van der Waals surface area (Å²) in [5.74, 6) is 0.680. The lowest BCUT2D eigenvalue weighted by Gasteiger charge is -2.29. The molecule has 1 aliphatic heterocycles. The van der Waals surface area contributed by atoms with Gasteiger partial charge in [-0.1, -0.05) is 18.2 Å². The second kappa shape index (κ2) is 6.44. The molecule has 0 bridgehead atoms. The number of benzene rings is 1. The van der Waals surface area contributed by atoms with Crippen molar-refractivity contribution in [1.29, 1.82) is 0 Å². The van der Waals surface area contributed by atoms with Gasteiger partial charge in [0.1, 0.15) is 0 Å². The summed E-state index contributed by atoms with van der Waals surface area (Å²) in [5, 5.41) is 0. The van der Waals surface area contributed by atoms with E-state index in [1.54, 1.807) is 0 Å². The van der Waals surface area contributed by atoms with Gasteiger partial charge in [-0.05, 0) is 54.9 Å². The highest BCUT2D eigenvalue weighted by molar-refractivity contribution is 5.87. The first-order valence-electron chi connectivity index (χ1n) is 7.94. The molecule has 112 valence electrons. The van der Waals surface area contributed by atoms with Gasteiger partial charge in [-0.15, -0.1) is 0 Å². The predicted molar refractivity (Wildman–Crippen MR) is 83.8 cm³/mol. The van der Waals surface area contributed by atoms with Crippen molar-refractivity contribution in [2.24, 2.45) is 5.92 Å². The van der Waals surface area contributed by atoms with Crippen molar-refractivity contribution in [3.8, 4) is 0 Å². The number of carbonyl (C=O) groups is 1. The minimum absolute atomic E-state index is 0.263. The number of fused-ring (bicyclic) bond motifs is 1. The molecule has 1 heterocycles. The fourth-order valence-corrected chi connectivity index (χ4v) is 3.02. The van der Waals surface area contributed by atoms with Crippen molar-refractivity contribution in [2.45, 2.75) is 32.7 Å². The third-order valence-electron chi connectivity index (χ3n) is 4.28. The van der Waals surface area contributed by atoms with Gasteiger partial charge in [-0.3, -0.25) is 4.90 Å². The molecule has 3 rings (SSSR count). The van der Waals surface area contributed by atoms with E-state index in [4.69, 9.17) is 4.74 Å². The molecule has 1 saturated carbocycles. The van der Waals surface area contributed by atoms with Crippen LogP contribution in [0.1, 0.15) is 36.5 Å². The average Bonchev–Trinajstić information content (AvgIpc) is 3.29. The molecule has 0 N–H and O–H groups in total. The Morgan fingerprint density at radius 1 is 1.43 bits per heavy atom. The maximum Gasteiger partial charge on any atom is 0.330 e. The molecule has 2 aliphatic rings. The van der Waals surface area contributed by atoms with Crippen LogP contribution in [0.15, 0.2) is 24.3 Å². The zero-order valence-corrected chi connectivity index (χ0v) is 12.7. The van der Waals surface area contributed by atoms with Crippen LogP contribution in [-0.2, 0) is 22.5 Å². The van der Waals surface area contributed by atoms with Crippen LogP contribution in [0, 0.1) is 5.92 Å². The molecule has 0 aromatic heterocycles. The van der Waals surface area contributed by atoms with E-state index in [0.29, 0.717) is 6.61 Å². The summed E-state index contributed by atoms with van der Waals surface area (Å²) in [6, 6.07) is 6.39. The maximum absolute atomic E-state index is 11.4. The molecule has 1 aliphatic carbocycles. The van der Waals surface area contributed by atoms with Gasteiger partial charge in [0.2, 0.25) is 0 Å². The van der Waals surface area contributed by atoms with E-state index >= 15 is 0 Å². The fourth-order valence-electron chi connectivity index (χ4n) is 3.02. The minimum atomic E-state index is -0.263. The van der Waals surface area contributed by atoms with E-state index < -0.39 is 0 Å². The van der Waals surface area contributed by atoms with Crippen LogP contribution in [0.5, 0.6) is 0 Å². The highest BCUT2D eigenvalue weighted by Crippen LogP contribution is 2.32. The predicted octanol–water partition coefficient (Wildman–Crippen LogP) is 3.03. The van der Waals surface area contributed by atoms with E-state index in [1.807, 2.05) is 13.0 Å². The first kappa shape index (κ1) is 14.3. The van der Waals surface area contributed by atoms with Crippen LogP contribution in [0.4, 0.5) is 0 Å². The Hall–Kier alpha value is -1.61. The van der Waals surface area contributed by atoms with Crippen LogP contribution in [0.3, 0.4) is 0 Å². The Kier molecular flexibility index (Phi) is 4.39. The van der Waals surface area contributed by atoms with E-state index in [9.17, 15) is 4.79 Å². The Morgan fingerprint density at radius 3 is 3.05 bits per heavy atom. The molecule has 0 unspecified atom stereocenters. The van der Waals surface area contributed by atoms with Crippen LogP contribution in [0.2, 0.25) is 0 Å². The molecule has 1 aromatic rings. The number of hydrogen-bond donors (Lipinski definition) is 0. The molecule has 0 saturated heterocycles. The maximum atomic E-state index is 11.4. The van der Waals surface area contributed by atoms with Gasteiger partial charge in [0.25, 0.3) is 0 Å². The van der Waals surface area contributed by atoms with Crippen molar-refractivity contribution in [3.63, 3.8) is 0 Å². The first-order chi connectivity index (χ1) is 10.3. The highest BCUT2D eigenvalue weighted by atomic mass is 16.5. The summed E-state index contributed by atoms with van der Waals surface area (Å²) in [6.45, 7) is 5.68. The van der Waals surface area contributed by atoms with Crippen LogP contribution < -0.4 is 0 Å². The molecule has 3 nitrogen and oxygen atoms in total. The topological polar surface area (TPSA) is 29.5 Å². The second-order valence-electron chi connectivity index (χ2n) is 6.00. The standard InChI is InChI=1S/C18H23NO2/c1-2-21-18(20)9-8-15-4-3-5-16-13-19(11-10-17(15)16)12-14-6-7-14/h3-5,8-9,14H,2,6-7,10-13H2,1H3/b9-8+. The lowest BCUT2D eigenvalue weighted by Crippen LogP contribution is -2.32. The summed E-state index contributed by atoms with van der Waals surface area (Å²) in [5.41, 5.74) is 3.96. The van der Waals surface area contributed by atoms with Crippen LogP contribution in [-0.4, -0.2) is 30.6 Å². The summed E-state index contributed by atoms with van der Waals surface area (Å²) in [4.78, 5) is 14.0.